The zero-order chi connectivity index (χ0) is 25.0. The number of nitrogens with zero attached hydrogens (tertiary/aromatic N) is 4. The molecular formula is C26H29F2N5O3. The lowest BCUT2D eigenvalue weighted by molar-refractivity contribution is -0.255. The van der Waals surface area contributed by atoms with Crippen LogP contribution in [0.4, 0.5) is 20.3 Å². The summed E-state index contributed by atoms with van der Waals surface area (Å²) in [6.45, 7) is 5.23. The van der Waals surface area contributed by atoms with Crippen molar-refractivity contribution in [1.29, 1.82) is 0 Å². The van der Waals surface area contributed by atoms with Gasteiger partial charge in [-0.1, -0.05) is 18.2 Å². The van der Waals surface area contributed by atoms with Crippen molar-refractivity contribution in [3.8, 4) is 5.88 Å². The second-order valence-electron chi connectivity index (χ2n) is 9.87. The molecule has 3 atom stereocenters. The highest BCUT2D eigenvalue weighted by molar-refractivity contribution is 5.94. The van der Waals surface area contributed by atoms with Crippen LogP contribution in [0.15, 0.2) is 30.3 Å². The van der Waals surface area contributed by atoms with Crippen LogP contribution in [0.1, 0.15) is 49.0 Å². The Balaban J connectivity index is 1.33. The van der Waals surface area contributed by atoms with Crippen LogP contribution in [0.5, 0.6) is 5.88 Å². The minimum atomic E-state index is -3.32. The smallest absolute Gasteiger partial charge is 0.383 e. The fraction of sp³-hybridized carbons (Fsp3) is 0.500. The quantitative estimate of drug-likeness (QED) is 0.479. The Bertz CT molecular complexity index is 1300. The summed E-state index contributed by atoms with van der Waals surface area (Å²) in [4.78, 5) is 7.06. The van der Waals surface area contributed by atoms with Gasteiger partial charge in [-0.05, 0) is 50.8 Å². The normalized spacial score (nSPS) is 22.3. The number of methoxy groups -OCH3 is 1. The lowest BCUT2D eigenvalue weighted by Gasteiger charge is -2.30. The molecule has 2 bridgehead atoms. The molecule has 2 aromatic heterocycles. The maximum Gasteiger partial charge on any atom is 0.383 e. The van der Waals surface area contributed by atoms with Gasteiger partial charge in [0.25, 0.3) is 0 Å². The number of pyridine rings is 1. The molecule has 190 valence electrons. The highest BCUT2D eigenvalue weighted by Crippen LogP contribution is 2.41. The summed E-state index contributed by atoms with van der Waals surface area (Å²) in [6.07, 6.45) is -1.11. The maximum absolute atomic E-state index is 14.6. The molecule has 2 unspecified atom stereocenters. The zero-order valence-corrected chi connectivity index (χ0v) is 20.5. The van der Waals surface area contributed by atoms with Crippen LogP contribution in [0.2, 0.25) is 0 Å². The molecule has 1 aromatic carbocycles. The van der Waals surface area contributed by atoms with E-state index in [0.717, 1.165) is 24.0 Å². The van der Waals surface area contributed by atoms with Crippen molar-refractivity contribution in [2.75, 3.05) is 30.5 Å². The predicted molar refractivity (Wildman–Crippen MR) is 131 cm³/mol. The second kappa shape index (κ2) is 8.77. The Kier molecular flexibility index (Phi) is 5.68. The van der Waals surface area contributed by atoms with Crippen LogP contribution in [0.25, 0.3) is 10.9 Å². The number of aryl methyl sites for hydroxylation is 1. The summed E-state index contributed by atoms with van der Waals surface area (Å²) < 4.78 is 45.6. The van der Waals surface area contributed by atoms with E-state index in [1.165, 1.54) is 12.1 Å². The molecule has 3 fully saturated rings. The van der Waals surface area contributed by atoms with Crippen LogP contribution >= 0.6 is 0 Å². The number of alkyl halides is 2. The van der Waals surface area contributed by atoms with Crippen LogP contribution in [0, 0.1) is 6.92 Å². The van der Waals surface area contributed by atoms with Gasteiger partial charge in [-0.15, -0.1) is 5.10 Å². The monoisotopic (exact) mass is 497 g/mol. The number of ether oxygens (including phenoxy) is 3. The number of nitrogens with one attached hydrogen (secondary N) is 1. The Labute approximate surface area is 208 Å². The number of rotatable bonds is 8. The topological polar surface area (TPSA) is 81.6 Å². The Hall–Kier alpha value is -3.11. The molecule has 3 aromatic rings. The number of aromatic nitrogens is 3. The Morgan fingerprint density at radius 1 is 1.22 bits per heavy atom. The molecule has 0 amide bonds. The maximum atomic E-state index is 14.6. The van der Waals surface area contributed by atoms with E-state index < -0.39 is 6.11 Å². The number of anilines is 2. The summed E-state index contributed by atoms with van der Waals surface area (Å²) in [6, 6.07) is 8.33. The lowest BCUT2D eigenvalue weighted by Crippen LogP contribution is -2.37. The van der Waals surface area contributed by atoms with Gasteiger partial charge in [-0.3, -0.25) is 0 Å². The van der Waals surface area contributed by atoms with Gasteiger partial charge in [-0.25, -0.2) is 4.98 Å². The van der Waals surface area contributed by atoms with Crippen LogP contribution in [-0.4, -0.2) is 53.7 Å². The van der Waals surface area contributed by atoms with E-state index in [2.05, 4.69) is 20.4 Å². The molecule has 1 saturated carbocycles. The summed E-state index contributed by atoms with van der Waals surface area (Å²) in [5, 5.41) is 12.9. The number of benzene rings is 1. The van der Waals surface area contributed by atoms with Crippen molar-refractivity contribution >= 4 is 22.4 Å². The first kappa shape index (κ1) is 23.3. The van der Waals surface area contributed by atoms with Gasteiger partial charge >= 0.3 is 6.11 Å². The molecule has 2 saturated heterocycles. The number of hydrogen-bond donors (Lipinski definition) is 1. The minimum absolute atomic E-state index is 0.152. The molecule has 1 aliphatic carbocycles. The predicted octanol–water partition coefficient (Wildman–Crippen LogP) is 4.72. The molecule has 3 aliphatic rings. The van der Waals surface area contributed by atoms with E-state index in [4.69, 9.17) is 19.2 Å². The molecule has 36 heavy (non-hydrogen) atoms. The number of halogens is 2. The Morgan fingerprint density at radius 3 is 2.75 bits per heavy atom. The molecule has 8 nitrogen and oxygen atoms in total. The third kappa shape index (κ3) is 4.22. The van der Waals surface area contributed by atoms with Gasteiger partial charge in [0.15, 0.2) is 5.82 Å². The molecule has 6 rings (SSSR count). The fourth-order valence-corrected chi connectivity index (χ4v) is 5.07. The lowest BCUT2D eigenvalue weighted by atomic mass is 10.0. The molecule has 10 heteroatoms. The first-order valence-corrected chi connectivity index (χ1v) is 12.3. The summed E-state index contributed by atoms with van der Waals surface area (Å²) in [5.41, 5.74) is 2.79. The second-order valence-corrected chi connectivity index (χ2v) is 9.87. The minimum Gasteiger partial charge on any atom is -0.480 e. The van der Waals surface area contributed by atoms with E-state index in [0.29, 0.717) is 47.9 Å². The van der Waals surface area contributed by atoms with Gasteiger partial charge in [-0.2, -0.15) is 13.9 Å². The van der Waals surface area contributed by atoms with E-state index in [1.807, 2.05) is 26.0 Å². The summed E-state index contributed by atoms with van der Waals surface area (Å²) in [5.74, 6) is 1.07. The number of morpholine rings is 1. The van der Waals surface area contributed by atoms with Gasteiger partial charge in [0, 0.05) is 11.9 Å². The SMILES string of the molecule is COc1nc2c(C)nnc(N[C@H](C)c3cccc(C(F)(F)OC4CC4)c3)c2cc1N1CC2CC1CO2. The Morgan fingerprint density at radius 2 is 2.06 bits per heavy atom. The van der Waals surface area contributed by atoms with Gasteiger partial charge in [0.1, 0.15) is 11.2 Å². The van der Waals surface area contributed by atoms with Crippen molar-refractivity contribution in [1.82, 2.24) is 15.2 Å². The molecule has 4 heterocycles. The van der Waals surface area contributed by atoms with Crippen molar-refractivity contribution in [3.05, 3.63) is 47.2 Å². The number of hydrogen-bond acceptors (Lipinski definition) is 8. The van der Waals surface area contributed by atoms with E-state index >= 15 is 0 Å². The molecule has 1 N–H and O–H groups in total. The van der Waals surface area contributed by atoms with Crippen molar-refractivity contribution in [3.63, 3.8) is 0 Å². The van der Waals surface area contributed by atoms with Crippen molar-refractivity contribution < 1.29 is 23.0 Å². The summed E-state index contributed by atoms with van der Waals surface area (Å²) in [7, 11) is 1.61. The molecule has 0 radical (unpaired) electrons. The average Bonchev–Trinajstić information content (AvgIpc) is 3.42. The highest BCUT2D eigenvalue weighted by Gasteiger charge is 2.41. The van der Waals surface area contributed by atoms with Gasteiger partial charge in [0.05, 0.1) is 49.3 Å². The highest BCUT2D eigenvalue weighted by atomic mass is 19.3. The molecule has 2 aliphatic heterocycles. The average molecular weight is 498 g/mol. The van der Waals surface area contributed by atoms with Crippen molar-refractivity contribution in [2.45, 2.75) is 63.5 Å². The van der Waals surface area contributed by atoms with Crippen LogP contribution in [0.3, 0.4) is 0 Å². The third-order valence-corrected chi connectivity index (χ3v) is 7.18. The number of fused-ring (bicyclic) bond motifs is 3. The van der Waals surface area contributed by atoms with Crippen LogP contribution < -0.4 is 15.0 Å². The standard InChI is InChI=1S/C26H29F2N5O3/c1-14(16-5-4-6-17(9-16)26(27,28)36-19-7-8-19)29-24-21-11-22(33-12-20-10-18(33)13-35-20)25(34-3)30-23(21)15(2)31-32-24/h4-6,9,11,14,18-20H,7-8,10,12-13H2,1-3H3,(H,29,32)/t14-,18?,20?/m1/s1. The van der Waals surface area contributed by atoms with E-state index in [9.17, 15) is 8.78 Å². The van der Waals surface area contributed by atoms with E-state index in [1.54, 1.807) is 13.2 Å². The zero-order valence-electron chi connectivity index (χ0n) is 20.5. The first-order chi connectivity index (χ1) is 17.3. The molecule has 0 spiro atoms. The van der Waals surface area contributed by atoms with Crippen LogP contribution in [-0.2, 0) is 15.6 Å². The van der Waals surface area contributed by atoms with E-state index in [-0.39, 0.29) is 29.9 Å². The first-order valence-electron chi connectivity index (χ1n) is 12.3. The van der Waals surface area contributed by atoms with Gasteiger partial charge in [0.2, 0.25) is 5.88 Å². The largest absolute Gasteiger partial charge is 0.480 e. The molecular weight excluding hydrogens is 468 g/mol. The van der Waals surface area contributed by atoms with Gasteiger partial charge < -0.3 is 24.4 Å². The van der Waals surface area contributed by atoms with Crippen molar-refractivity contribution in [2.24, 2.45) is 0 Å². The summed E-state index contributed by atoms with van der Waals surface area (Å²) >= 11 is 0. The fourth-order valence-electron chi connectivity index (χ4n) is 5.07. The third-order valence-electron chi connectivity index (χ3n) is 7.18.